The van der Waals surface area contributed by atoms with Crippen LogP contribution in [-0.4, -0.2) is 23.2 Å². The summed E-state index contributed by atoms with van der Waals surface area (Å²) in [5.41, 5.74) is 5.54. The first-order valence-corrected chi connectivity index (χ1v) is 11.0. The molecule has 1 aliphatic heterocycles. The fraction of sp³-hybridized carbons (Fsp3) is 0.160. The van der Waals surface area contributed by atoms with E-state index in [0.29, 0.717) is 10.7 Å². The topological polar surface area (TPSA) is 62.3 Å². The Morgan fingerprint density at radius 1 is 1.03 bits per heavy atom. The Balaban J connectivity index is 1.47. The number of hydrogen-bond donors (Lipinski definition) is 1. The van der Waals surface area contributed by atoms with E-state index in [1.54, 1.807) is 6.07 Å². The summed E-state index contributed by atoms with van der Waals surface area (Å²) in [6, 6.07) is 21.4. The fourth-order valence-corrected chi connectivity index (χ4v) is 4.90. The molecule has 4 aromatic rings. The van der Waals surface area contributed by atoms with Gasteiger partial charge in [0, 0.05) is 17.8 Å². The molecule has 0 saturated heterocycles. The Kier molecular flexibility index (Phi) is 4.79. The summed E-state index contributed by atoms with van der Waals surface area (Å²) in [5.74, 6) is -1.30. The van der Waals surface area contributed by atoms with Crippen molar-refractivity contribution in [2.24, 2.45) is 5.92 Å². The standard InChI is InChI=1S/C25H21N3O2S/c1-15-12-20-22(13-16(15)2)31-25(26-20)27-24(30)19-14-28(17-8-4-3-5-9-17)21-11-7-6-10-18(21)23(19)29/h3-13,19H,14H2,1-2H3,(H,26,27,30). The van der Waals surface area contributed by atoms with E-state index in [-0.39, 0.29) is 18.2 Å². The molecular weight excluding hydrogens is 406 g/mol. The van der Waals surface area contributed by atoms with E-state index >= 15 is 0 Å². The summed E-state index contributed by atoms with van der Waals surface area (Å²) in [6.07, 6.45) is 0. The third kappa shape index (κ3) is 3.49. The smallest absolute Gasteiger partial charge is 0.238 e. The van der Waals surface area contributed by atoms with E-state index in [0.717, 1.165) is 27.2 Å². The molecule has 1 aromatic heterocycles. The molecule has 0 radical (unpaired) electrons. The van der Waals surface area contributed by atoms with Crippen LogP contribution in [0.1, 0.15) is 21.5 Å². The summed E-state index contributed by atoms with van der Waals surface area (Å²) in [5, 5.41) is 3.41. The Labute approximate surface area is 184 Å². The maximum atomic E-state index is 13.2. The maximum absolute atomic E-state index is 13.2. The van der Waals surface area contributed by atoms with Gasteiger partial charge in [0.25, 0.3) is 0 Å². The second-order valence-corrected chi connectivity index (χ2v) is 8.82. The van der Waals surface area contributed by atoms with E-state index in [1.807, 2.05) is 66.4 Å². The van der Waals surface area contributed by atoms with Crippen molar-refractivity contribution in [2.75, 3.05) is 16.8 Å². The lowest BCUT2D eigenvalue weighted by Crippen LogP contribution is -2.42. The number of hydrogen-bond acceptors (Lipinski definition) is 5. The number of carbonyl (C=O) groups is 2. The van der Waals surface area contributed by atoms with E-state index < -0.39 is 5.92 Å². The zero-order valence-corrected chi connectivity index (χ0v) is 18.1. The first kappa shape index (κ1) is 19.5. The van der Waals surface area contributed by atoms with Gasteiger partial charge >= 0.3 is 0 Å². The number of benzene rings is 3. The fourth-order valence-electron chi connectivity index (χ4n) is 3.95. The number of rotatable bonds is 3. The van der Waals surface area contributed by atoms with Crippen LogP contribution in [0, 0.1) is 19.8 Å². The number of thiazole rings is 1. The van der Waals surface area contributed by atoms with Gasteiger partial charge in [-0.3, -0.25) is 9.59 Å². The molecule has 1 atom stereocenters. The summed E-state index contributed by atoms with van der Waals surface area (Å²) in [7, 11) is 0. The number of ketones is 1. The number of aryl methyl sites for hydroxylation is 2. The predicted molar refractivity (Wildman–Crippen MR) is 125 cm³/mol. The second kappa shape index (κ2) is 7.63. The molecule has 1 N–H and O–H groups in total. The zero-order chi connectivity index (χ0) is 21.5. The maximum Gasteiger partial charge on any atom is 0.238 e. The van der Waals surface area contributed by atoms with E-state index in [4.69, 9.17) is 0 Å². The highest BCUT2D eigenvalue weighted by atomic mass is 32.1. The van der Waals surface area contributed by atoms with Crippen molar-refractivity contribution < 1.29 is 9.59 Å². The number of aromatic nitrogens is 1. The molecule has 1 unspecified atom stereocenters. The van der Waals surface area contributed by atoms with Crippen LogP contribution in [0.25, 0.3) is 10.2 Å². The van der Waals surface area contributed by atoms with Gasteiger partial charge in [-0.1, -0.05) is 41.7 Å². The average Bonchev–Trinajstić information content (AvgIpc) is 3.15. The summed E-state index contributed by atoms with van der Waals surface area (Å²) < 4.78 is 1.02. The zero-order valence-electron chi connectivity index (χ0n) is 17.3. The lowest BCUT2D eigenvalue weighted by Gasteiger charge is -2.34. The quantitative estimate of drug-likeness (QED) is 0.439. The summed E-state index contributed by atoms with van der Waals surface area (Å²) in [6.45, 7) is 4.39. The largest absolute Gasteiger partial charge is 0.340 e. The van der Waals surface area contributed by atoms with Crippen LogP contribution in [0.5, 0.6) is 0 Å². The molecule has 2 heterocycles. The number of nitrogens with zero attached hydrogens (tertiary/aromatic N) is 2. The highest BCUT2D eigenvalue weighted by Gasteiger charge is 2.37. The van der Waals surface area contributed by atoms with Gasteiger partial charge in [0.2, 0.25) is 5.91 Å². The van der Waals surface area contributed by atoms with Crippen molar-refractivity contribution in [3.8, 4) is 0 Å². The molecular formula is C25H21N3O2S. The third-order valence-corrected chi connectivity index (χ3v) is 6.69. The number of para-hydroxylation sites is 2. The molecule has 0 fully saturated rings. The number of Topliss-reactive ketones (excluding diaryl/α,β-unsaturated/α-hetero) is 1. The molecule has 0 spiro atoms. The van der Waals surface area contributed by atoms with Gasteiger partial charge in [-0.2, -0.15) is 0 Å². The number of fused-ring (bicyclic) bond motifs is 2. The molecule has 1 aliphatic rings. The van der Waals surface area contributed by atoms with Crippen molar-refractivity contribution in [3.63, 3.8) is 0 Å². The van der Waals surface area contributed by atoms with Crippen LogP contribution >= 0.6 is 11.3 Å². The Morgan fingerprint density at radius 3 is 2.55 bits per heavy atom. The van der Waals surface area contributed by atoms with Crippen LogP contribution in [0.2, 0.25) is 0 Å². The minimum Gasteiger partial charge on any atom is -0.340 e. The molecule has 154 valence electrons. The van der Waals surface area contributed by atoms with Gasteiger partial charge in [0.05, 0.1) is 15.9 Å². The number of amides is 1. The molecule has 31 heavy (non-hydrogen) atoms. The van der Waals surface area contributed by atoms with Gasteiger partial charge < -0.3 is 10.2 Å². The number of nitrogens with one attached hydrogen (secondary N) is 1. The SMILES string of the molecule is Cc1cc2nc(NC(=O)C3CN(c4ccccc4)c4ccccc4C3=O)sc2cc1C. The average molecular weight is 428 g/mol. The van der Waals surface area contributed by atoms with Gasteiger partial charge in [0.15, 0.2) is 10.9 Å². The molecule has 0 aliphatic carbocycles. The number of anilines is 3. The van der Waals surface area contributed by atoms with Gasteiger partial charge in [-0.15, -0.1) is 0 Å². The number of carbonyl (C=O) groups excluding carboxylic acids is 2. The third-order valence-electron chi connectivity index (χ3n) is 5.76. The van der Waals surface area contributed by atoms with Crippen molar-refractivity contribution >= 4 is 49.8 Å². The summed E-state index contributed by atoms with van der Waals surface area (Å²) in [4.78, 5) is 33.0. The minimum atomic E-state index is -0.814. The lowest BCUT2D eigenvalue weighted by molar-refractivity contribution is -0.118. The van der Waals surface area contributed by atoms with E-state index in [2.05, 4.69) is 23.3 Å². The highest BCUT2D eigenvalue weighted by Crippen LogP contribution is 2.36. The van der Waals surface area contributed by atoms with Crippen molar-refractivity contribution in [1.82, 2.24) is 4.98 Å². The van der Waals surface area contributed by atoms with Gasteiger partial charge in [-0.05, 0) is 61.4 Å². The first-order valence-electron chi connectivity index (χ1n) is 10.2. The van der Waals surface area contributed by atoms with Crippen LogP contribution in [0.3, 0.4) is 0 Å². The Morgan fingerprint density at radius 2 is 1.74 bits per heavy atom. The first-order chi connectivity index (χ1) is 15.0. The predicted octanol–water partition coefficient (Wildman–Crippen LogP) is 5.50. The highest BCUT2D eigenvalue weighted by molar-refractivity contribution is 7.22. The van der Waals surface area contributed by atoms with Gasteiger partial charge in [-0.25, -0.2) is 4.98 Å². The molecule has 1 amide bonds. The van der Waals surface area contributed by atoms with Crippen molar-refractivity contribution in [3.05, 3.63) is 83.4 Å². The summed E-state index contributed by atoms with van der Waals surface area (Å²) >= 11 is 1.43. The van der Waals surface area contributed by atoms with E-state index in [1.165, 1.54) is 16.9 Å². The molecule has 6 heteroatoms. The molecule has 0 bridgehead atoms. The van der Waals surface area contributed by atoms with Crippen LogP contribution in [-0.2, 0) is 4.79 Å². The van der Waals surface area contributed by atoms with Gasteiger partial charge in [0.1, 0.15) is 5.92 Å². The minimum absolute atomic E-state index is 0.159. The van der Waals surface area contributed by atoms with Crippen LogP contribution < -0.4 is 10.2 Å². The Bertz CT molecular complexity index is 1270. The molecule has 5 nitrogen and oxygen atoms in total. The monoisotopic (exact) mass is 427 g/mol. The second-order valence-electron chi connectivity index (χ2n) is 7.79. The normalized spacial score (nSPS) is 15.7. The van der Waals surface area contributed by atoms with Crippen LogP contribution in [0.15, 0.2) is 66.7 Å². The van der Waals surface area contributed by atoms with Crippen molar-refractivity contribution in [2.45, 2.75) is 13.8 Å². The Hall–Kier alpha value is -3.51. The van der Waals surface area contributed by atoms with Crippen molar-refractivity contribution in [1.29, 1.82) is 0 Å². The van der Waals surface area contributed by atoms with E-state index in [9.17, 15) is 9.59 Å². The lowest BCUT2D eigenvalue weighted by atomic mass is 9.90. The molecule has 3 aromatic carbocycles. The molecule has 5 rings (SSSR count). The molecule has 0 saturated carbocycles. The van der Waals surface area contributed by atoms with Crippen LogP contribution in [0.4, 0.5) is 16.5 Å².